The van der Waals surface area contributed by atoms with E-state index in [1.807, 2.05) is 43.3 Å². The van der Waals surface area contributed by atoms with Crippen LogP contribution < -0.4 is 10.6 Å². The number of carbonyl (C=O) groups is 1. The number of anilines is 1. The van der Waals surface area contributed by atoms with Crippen molar-refractivity contribution >= 4 is 11.8 Å². The van der Waals surface area contributed by atoms with Gasteiger partial charge in [0.25, 0.3) is 0 Å². The van der Waals surface area contributed by atoms with Crippen molar-refractivity contribution < 1.29 is 9.90 Å². The molecule has 0 radical (unpaired) electrons. The highest BCUT2D eigenvalue weighted by atomic mass is 16.3. The number of aryl methyl sites for hydroxylation is 2. The van der Waals surface area contributed by atoms with Gasteiger partial charge in [-0.25, -0.2) is 4.79 Å². The van der Waals surface area contributed by atoms with Gasteiger partial charge in [0.2, 0.25) is 0 Å². The predicted molar refractivity (Wildman–Crippen MR) is 94.8 cm³/mol. The lowest BCUT2D eigenvalue weighted by atomic mass is 10.0. The van der Waals surface area contributed by atoms with Crippen molar-refractivity contribution in [2.75, 3.05) is 5.32 Å². The summed E-state index contributed by atoms with van der Waals surface area (Å²) in [6.45, 7) is 3.96. The molecule has 6 nitrogen and oxygen atoms in total. The van der Waals surface area contributed by atoms with E-state index in [0.29, 0.717) is 12.2 Å². The average Bonchev–Trinajstić information content (AvgIpc) is 2.87. The Hall–Kier alpha value is -2.34. The number of aliphatic hydroxyl groups excluding tert-OH is 1. The van der Waals surface area contributed by atoms with Gasteiger partial charge in [-0.3, -0.25) is 10.00 Å². The molecule has 3 N–H and O–H groups in total. The summed E-state index contributed by atoms with van der Waals surface area (Å²) < 4.78 is 1.66. The van der Waals surface area contributed by atoms with Crippen LogP contribution in [0.5, 0.6) is 0 Å². The van der Waals surface area contributed by atoms with E-state index in [2.05, 4.69) is 22.7 Å². The number of nitrogens with one attached hydrogen (secondary N) is 2. The summed E-state index contributed by atoms with van der Waals surface area (Å²) in [5, 5.41) is 20.2. The first-order chi connectivity index (χ1) is 11.5. The summed E-state index contributed by atoms with van der Waals surface area (Å²) in [6.07, 6.45) is 1.74. The van der Waals surface area contributed by atoms with Crippen LogP contribution in [-0.4, -0.2) is 27.0 Å². The van der Waals surface area contributed by atoms with Crippen molar-refractivity contribution in [1.82, 2.24) is 15.1 Å². The molecule has 24 heavy (non-hydrogen) atoms. The Balaban J connectivity index is 1.85. The second kappa shape index (κ2) is 8.49. The Labute approximate surface area is 142 Å². The van der Waals surface area contributed by atoms with Crippen LogP contribution in [0.25, 0.3) is 0 Å². The summed E-state index contributed by atoms with van der Waals surface area (Å²) in [4.78, 5) is 12.1. The molecule has 2 aromatic rings. The van der Waals surface area contributed by atoms with E-state index >= 15 is 0 Å². The van der Waals surface area contributed by atoms with Gasteiger partial charge in [-0.15, -0.1) is 0 Å². The molecule has 1 heterocycles. The van der Waals surface area contributed by atoms with Crippen molar-refractivity contribution in [3.8, 4) is 0 Å². The van der Waals surface area contributed by atoms with Crippen LogP contribution in [0.3, 0.4) is 0 Å². The molecule has 0 saturated heterocycles. The van der Waals surface area contributed by atoms with Gasteiger partial charge in [0.05, 0.1) is 11.8 Å². The Morgan fingerprint density at radius 2 is 2.04 bits per heavy atom. The first-order valence-corrected chi connectivity index (χ1v) is 8.33. The van der Waals surface area contributed by atoms with E-state index in [-0.39, 0.29) is 12.1 Å². The topological polar surface area (TPSA) is 79.2 Å². The maximum Gasteiger partial charge on any atom is 0.320 e. The number of rotatable bonds is 7. The van der Waals surface area contributed by atoms with Crippen LogP contribution in [0.2, 0.25) is 0 Å². The average molecular weight is 330 g/mol. The Bertz CT molecular complexity index is 654. The first-order valence-electron chi connectivity index (χ1n) is 8.33. The van der Waals surface area contributed by atoms with Crippen molar-refractivity contribution in [2.45, 2.75) is 45.3 Å². The quantitative estimate of drug-likeness (QED) is 0.730. The number of urea groups is 1. The summed E-state index contributed by atoms with van der Waals surface area (Å²) in [5.74, 6) is 0.659. The summed E-state index contributed by atoms with van der Waals surface area (Å²) in [7, 11) is 1.80. The zero-order valence-corrected chi connectivity index (χ0v) is 14.5. The highest BCUT2D eigenvalue weighted by Crippen LogP contribution is 2.18. The van der Waals surface area contributed by atoms with Gasteiger partial charge in [-0.2, -0.15) is 5.10 Å². The lowest BCUT2D eigenvalue weighted by Gasteiger charge is -2.18. The molecule has 0 bridgehead atoms. The fourth-order valence-electron chi connectivity index (χ4n) is 2.60. The fraction of sp³-hybridized carbons (Fsp3) is 0.444. The smallest absolute Gasteiger partial charge is 0.320 e. The van der Waals surface area contributed by atoms with Crippen LogP contribution in [0.15, 0.2) is 36.4 Å². The molecule has 2 atom stereocenters. The molecule has 0 aliphatic heterocycles. The number of benzene rings is 1. The third-order valence-corrected chi connectivity index (χ3v) is 3.82. The van der Waals surface area contributed by atoms with Gasteiger partial charge in [0.1, 0.15) is 5.82 Å². The van der Waals surface area contributed by atoms with Crippen molar-refractivity contribution in [1.29, 1.82) is 0 Å². The maximum absolute atomic E-state index is 12.1. The molecule has 2 amide bonds. The molecule has 2 unspecified atom stereocenters. The van der Waals surface area contributed by atoms with Crippen molar-refractivity contribution in [2.24, 2.45) is 7.05 Å². The fourth-order valence-corrected chi connectivity index (χ4v) is 2.60. The molecule has 130 valence electrons. The zero-order chi connectivity index (χ0) is 17.5. The minimum absolute atomic E-state index is 0.163. The van der Waals surface area contributed by atoms with Crippen molar-refractivity contribution in [3.05, 3.63) is 47.7 Å². The number of hydrogen-bond acceptors (Lipinski definition) is 3. The van der Waals surface area contributed by atoms with Crippen LogP contribution in [0, 0.1) is 0 Å². The molecule has 2 rings (SSSR count). The van der Waals surface area contributed by atoms with Crippen LogP contribution in [0.4, 0.5) is 10.6 Å². The lowest BCUT2D eigenvalue weighted by molar-refractivity contribution is 0.155. The second-order valence-corrected chi connectivity index (χ2v) is 6.06. The number of aromatic nitrogens is 2. The zero-order valence-electron chi connectivity index (χ0n) is 14.5. The maximum atomic E-state index is 12.1. The molecular formula is C18H26N4O2. The van der Waals surface area contributed by atoms with Gasteiger partial charge in [0, 0.05) is 19.2 Å². The standard InChI is InChI=1S/C18H26N4O2/c1-4-8-15-12-17(22(3)21-15)20-18(24)19-13(2)11-16(23)14-9-6-5-7-10-14/h5-7,9-10,12-13,16,23H,4,8,11H2,1-3H3,(H2,19,20,24). The Morgan fingerprint density at radius 1 is 1.33 bits per heavy atom. The van der Waals surface area contributed by atoms with Gasteiger partial charge < -0.3 is 10.4 Å². The molecule has 6 heteroatoms. The van der Waals surface area contributed by atoms with Crippen LogP contribution in [0.1, 0.15) is 44.1 Å². The molecule has 1 aromatic heterocycles. The van der Waals surface area contributed by atoms with E-state index in [0.717, 1.165) is 24.1 Å². The monoisotopic (exact) mass is 330 g/mol. The predicted octanol–water partition coefficient (Wildman–Crippen LogP) is 3.01. The molecule has 1 aromatic carbocycles. The Morgan fingerprint density at radius 3 is 2.71 bits per heavy atom. The molecule has 0 saturated carbocycles. The molecule has 0 aliphatic rings. The number of hydrogen-bond donors (Lipinski definition) is 3. The largest absolute Gasteiger partial charge is 0.388 e. The molecule has 0 spiro atoms. The number of carbonyl (C=O) groups excluding carboxylic acids is 1. The van der Waals surface area contributed by atoms with E-state index in [9.17, 15) is 9.90 Å². The normalized spacial score (nSPS) is 13.3. The minimum Gasteiger partial charge on any atom is -0.388 e. The second-order valence-electron chi connectivity index (χ2n) is 6.06. The van der Waals surface area contributed by atoms with Crippen molar-refractivity contribution in [3.63, 3.8) is 0 Å². The van der Waals surface area contributed by atoms with Gasteiger partial charge in [0.15, 0.2) is 0 Å². The summed E-state index contributed by atoms with van der Waals surface area (Å²) in [5.41, 5.74) is 1.81. The molecule has 0 aliphatic carbocycles. The highest BCUT2D eigenvalue weighted by molar-refractivity contribution is 5.88. The van der Waals surface area contributed by atoms with E-state index in [1.54, 1.807) is 11.7 Å². The van der Waals surface area contributed by atoms with E-state index in [1.165, 1.54) is 0 Å². The number of aliphatic hydroxyl groups is 1. The van der Waals surface area contributed by atoms with E-state index in [4.69, 9.17) is 0 Å². The SMILES string of the molecule is CCCc1cc(NC(=O)NC(C)CC(O)c2ccccc2)n(C)n1. The summed E-state index contributed by atoms with van der Waals surface area (Å²) in [6, 6.07) is 10.9. The highest BCUT2D eigenvalue weighted by Gasteiger charge is 2.15. The van der Waals surface area contributed by atoms with Crippen LogP contribution >= 0.6 is 0 Å². The lowest BCUT2D eigenvalue weighted by Crippen LogP contribution is -2.37. The third-order valence-electron chi connectivity index (χ3n) is 3.82. The van der Waals surface area contributed by atoms with Gasteiger partial charge in [-0.1, -0.05) is 43.7 Å². The Kier molecular flexibility index (Phi) is 6.37. The van der Waals surface area contributed by atoms with E-state index < -0.39 is 6.10 Å². The summed E-state index contributed by atoms with van der Waals surface area (Å²) >= 11 is 0. The number of amides is 2. The molecule has 0 fully saturated rings. The third kappa shape index (κ3) is 5.09. The minimum atomic E-state index is -0.602. The van der Waals surface area contributed by atoms with Gasteiger partial charge in [-0.05, 0) is 25.3 Å². The van der Waals surface area contributed by atoms with Crippen LogP contribution in [-0.2, 0) is 13.5 Å². The first kappa shape index (κ1) is 18.0. The molecular weight excluding hydrogens is 304 g/mol. The van der Waals surface area contributed by atoms with Gasteiger partial charge >= 0.3 is 6.03 Å². The number of nitrogens with zero attached hydrogens (tertiary/aromatic N) is 2.